The average molecular weight is 315 g/mol. The molecule has 102 valence electrons. The van der Waals surface area contributed by atoms with Gasteiger partial charge in [-0.25, -0.2) is 0 Å². The number of benzene rings is 1. The van der Waals surface area contributed by atoms with Crippen molar-refractivity contribution >= 4 is 21.6 Å². The molecule has 0 aliphatic heterocycles. The van der Waals surface area contributed by atoms with Crippen molar-refractivity contribution in [1.82, 2.24) is 5.32 Å². The molecule has 4 heteroatoms. The molecule has 0 spiro atoms. The second-order valence-electron chi connectivity index (χ2n) is 5.38. The lowest BCUT2D eigenvalue weighted by Crippen LogP contribution is -2.36. The molecule has 3 nitrogen and oxygen atoms in total. The molecule has 0 aliphatic carbocycles. The molecule has 0 aliphatic rings. The van der Waals surface area contributed by atoms with Crippen LogP contribution >= 0.6 is 15.9 Å². The number of halogens is 1. The molecule has 1 rings (SSSR count). The quantitative estimate of drug-likeness (QED) is 0.877. The first-order valence-electron chi connectivity index (χ1n) is 6.15. The number of aliphatic hydroxyl groups is 1. The summed E-state index contributed by atoms with van der Waals surface area (Å²) in [5.74, 6) is 0. The molecular formula is C14H23BrN2O. The Morgan fingerprint density at radius 3 is 2.50 bits per heavy atom. The van der Waals surface area contributed by atoms with E-state index in [2.05, 4.69) is 51.3 Å². The standard InChI is InChI=1S/C14H23BrN2O/c1-10(16-4)12-7-6-11(8-13(12)15)17(5)9-14(2,3)18/h6-8,10,16,18H,9H2,1-5H3. The molecule has 0 aromatic heterocycles. The first-order chi connectivity index (χ1) is 8.24. The van der Waals surface area contributed by atoms with E-state index in [1.54, 1.807) is 0 Å². The minimum Gasteiger partial charge on any atom is -0.389 e. The number of likely N-dealkylation sites (N-methyl/N-ethyl adjacent to an activating group) is 1. The molecule has 0 heterocycles. The molecule has 0 saturated heterocycles. The van der Waals surface area contributed by atoms with E-state index in [1.165, 1.54) is 5.56 Å². The zero-order chi connectivity index (χ0) is 13.9. The van der Waals surface area contributed by atoms with Crippen LogP contribution in [0.3, 0.4) is 0 Å². The zero-order valence-corrected chi connectivity index (χ0v) is 13.4. The van der Waals surface area contributed by atoms with Gasteiger partial charge in [0.05, 0.1) is 5.60 Å². The normalized spacial score (nSPS) is 13.5. The lowest BCUT2D eigenvalue weighted by Gasteiger charge is -2.28. The van der Waals surface area contributed by atoms with Crippen LogP contribution in [0.5, 0.6) is 0 Å². The summed E-state index contributed by atoms with van der Waals surface area (Å²) < 4.78 is 1.09. The van der Waals surface area contributed by atoms with Crippen LogP contribution in [-0.2, 0) is 0 Å². The number of hydrogen-bond acceptors (Lipinski definition) is 3. The van der Waals surface area contributed by atoms with Gasteiger partial charge < -0.3 is 15.3 Å². The Morgan fingerprint density at radius 1 is 1.44 bits per heavy atom. The molecule has 0 saturated carbocycles. The largest absolute Gasteiger partial charge is 0.389 e. The molecule has 2 N–H and O–H groups in total. The topological polar surface area (TPSA) is 35.5 Å². The third kappa shape index (κ3) is 4.26. The van der Waals surface area contributed by atoms with Crippen molar-refractivity contribution in [3.8, 4) is 0 Å². The van der Waals surface area contributed by atoms with E-state index in [9.17, 15) is 5.11 Å². The first kappa shape index (κ1) is 15.5. The van der Waals surface area contributed by atoms with Gasteiger partial charge in [-0.2, -0.15) is 0 Å². The predicted octanol–water partition coefficient (Wildman–Crippen LogP) is 2.94. The van der Waals surface area contributed by atoms with E-state index in [0.717, 1.165) is 10.2 Å². The van der Waals surface area contributed by atoms with Gasteiger partial charge in [-0.3, -0.25) is 0 Å². The van der Waals surface area contributed by atoms with Crippen LogP contribution in [0, 0.1) is 0 Å². The molecule has 1 aromatic carbocycles. The van der Waals surface area contributed by atoms with Gasteiger partial charge in [-0.05, 0) is 45.5 Å². The van der Waals surface area contributed by atoms with Crippen LogP contribution in [0.2, 0.25) is 0 Å². The summed E-state index contributed by atoms with van der Waals surface area (Å²) in [6.45, 7) is 6.35. The average Bonchev–Trinajstić information content (AvgIpc) is 2.25. The SMILES string of the molecule is CNC(C)c1ccc(N(C)CC(C)(C)O)cc1Br. The van der Waals surface area contributed by atoms with Gasteiger partial charge in [-0.1, -0.05) is 22.0 Å². The fraction of sp³-hybridized carbons (Fsp3) is 0.571. The smallest absolute Gasteiger partial charge is 0.0765 e. The summed E-state index contributed by atoms with van der Waals surface area (Å²) in [5, 5.41) is 13.1. The van der Waals surface area contributed by atoms with Gasteiger partial charge in [0.1, 0.15) is 0 Å². The van der Waals surface area contributed by atoms with Crippen molar-refractivity contribution in [2.24, 2.45) is 0 Å². The van der Waals surface area contributed by atoms with Gasteiger partial charge >= 0.3 is 0 Å². The van der Waals surface area contributed by atoms with Crippen molar-refractivity contribution in [2.75, 3.05) is 25.5 Å². The Kier molecular flexibility index (Phi) is 5.20. The minimum absolute atomic E-state index is 0.313. The summed E-state index contributed by atoms with van der Waals surface area (Å²) in [4.78, 5) is 2.05. The number of nitrogens with one attached hydrogen (secondary N) is 1. The highest BCUT2D eigenvalue weighted by molar-refractivity contribution is 9.10. The minimum atomic E-state index is -0.696. The third-order valence-electron chi connectivity index (χ3n) is 2.95. The van der Waals surface area contributed by atoms with E-state index in [4.69, 9.17) is 0 Å². The highest BCUT2D eigenvalue weighted by Crippen LogP contribution is 2.28. The Balaban J connectivity index is 2.90. The first-order valence-corrected chi connectivity index (χ1v) is 6.94. The van der Waals surface area contributed by atoms with E-state index in [0.29, 0.717) is 12.6 Å². The van der Waals surface area contributed by atoms with Crippen molar-refractivity contribution in [2.45, 2.75) is 32.4 Å². The van der Waals surface area contributed by atoms with Gasteiger partial charge in [0, 0.05) is 29.8 Å². The molecule has 1 unspecified atom stereocenters. The van der Waals surface area contributed by atoms with Gasteiger partial charge in [-0.15, -0.1) is 0 Å². The van der Waals surface area contributed by atoms with Gasteiger partial charge in [0.15, 0.2) is 0 Å². The van der Waals surface area contributed by atoms with E-state index in [1.807, 2.05) is 27.9 Å². The van der Waals surface area contributed by atoms with E-state index < -0.39 is 5.60 Å². The monoisotopic (exact) mass is 314 g/mol. The van der Waals surface area contributed by atoms with Crippen LogP contribution in [-0.4, -0.2) is 31.3 Å². The fourth-order valence-corrected chi connectivity index (χ4v) is 2.64. The van der Waals surface area contributed by atoms with Crippen LogP contribution < -0.4 is 10.2 Å². The summed E-state index contributed by atoms with van der Waals surface area (Å²) in [6.07, 6.45) is 0. The van der Waals surface area contributed by atoms with Crippen molar-refractivity contribution in [3.05, 3.63) is 28.2 Å². The molecule has 1 aromatic rings. The maximum absolute atomic E-state index is 9.84. The molecule has 0 amide bonds. The highest BCUT2D eigenvalue weighted by atomic mass is 79.9. The molecule has 0 bridgehead atoms. The summed E-state index contributed by atoms with van der Waals surface area (Å²) in [5.41, 5.74) is 1.63. The third-order valence-corrected chi connectivity index (χ3v) is 3.64. The molecular weight excluding hydrogens is 292 g/mol. The second kappa shape index (κ2) is 6.04. The lowest BCUT2D eigenvalue weighted by atomic mass is 10.1. The van der Waals surface area contributed by atoms with E-state index in [-0.39, 0.29) is 0 Å². The summed E-state index contributed by atoms with van der Waals surface area (Å²) in [6, 6.07) is 6.60. The Bertz CT molecular complexity index is 401. The molecule has 18 heavy (non-hydrogen) atoms. The maximum Gasteiger partial charge on any atom is 0.0765 e. The Labute approximate surface area is 118 Å². The van der Waals surface area contributed by atoms with Gasteiger partial charge in [0.2, 0.25) is 0 Å². The Morgan fingerprint density at radius 2 is 2.06 bits per heavy atom. The van der Waals surface area contributed by atoms with E-state index >= 15 is 0 Å². The maximum atomic E-state index is 9.84. The molecule has 1 atom stereocenters. The molecule has 0 radical (unpaired) electrons. The molecule has 0 fully saturated rings. The Hall–Kier alpha value is -0.580. The number of anilines is 1. The lowest BCUT2D eigenvalue weighted by molar-refractivity contribution is 0.0886. The van der Waals surface area contributed by atoms with Crippen molar-refractivity contribution < 1.29 is 5.11 Å². The number of hydrogen-bond donors (Lipinski definition) is 2. The summed E-state index contributed by atoms with van der Waals surface area (Å²) in [7, 11) is 3.94. The predicted molar refractivity (Wildman–Crippen MR) is 81.2 cm³/mol. The van der Waals surface area contributed by atoms with Crippen LogP contribution in [0.25, 0.3) is 0 Å². The van der Waals surface area contributed by atoms with Crippen LogP contribution in [0.1, 0.15) is 32.4 Å². The zero-order valence-electron chi connectivity index (χ0n) is 11.8. The summed E-state index contributed by atoms with van der Waals surface area (Å²) >= 11 is 3.61. The second-order valence-corrected chi connectivity index (χ2v) is 6.24. The van der Waals surface area contributed by atoms with Crippen molar-refractivity contribution in [3.63, 3.8) is 0 Å². The number of rotatable bonds is 5. The van der Waals surface area contributed by atoms with Crippen LogP contribution in [0.4, 0.5) is 5.69 Å². The fourth-order valence-electron chi connectivity index (χ4n) is 1.93. The van der Waals surface area contributed by atoms with Crippen molar-refractivity contribution in [1.29, 1.82) is 0 Å². The highest BCUT2D eigenvalue weighted by Gasteiger charge is 2.17. The van der Waals surface area contributed by atoms with Gasteiger partial charge in [0.25, 0.3) is 0 Å². The number of nitrogens with zero attached hydrogens (tertiary/aromatic N) is 1. The van der Waals surface area contributed by atoms with Crippen LogP contribution in [0.15, 0.2) is 22.7 Å².